The number of carbonyl (C=O) groups is 3. The Hall–Kier alpha value is -2.74. The number of benzene rings is 1. The summed E-state index contributed by atoms with van der Waals surface area (Å²) in [6.45, 7) is 1.71. The van der Waals surface area contributed by atoms with Crippen LogP contribution in [0, 0.1) is 0 Å². The van der Waals surface area contributed by atoms with Crippen LogP contribution in [0.3, 0.4) is 0 Å². The third-order valence-corrected chi connectivity index (χ3v) is 4.59. The van der Waals surface area contributed by atoms with Crippen LogP contribution in [0.4, 0.5) is 5.69 Å². The average Bonchev–Trinajstić information content (AvgIpc) is 3.12. The van der Waals surface area contributed by atoms with Crippen molar-refractivity contribution in [3.05, 3.63) is 47.9 Å². The van der Waals surface area contributed by atoms with E-state index in [1.165, 1.54) is 24.9 Å². The Kier molecular flexibility index (Phi) is 5.08. The lowest BCUT2D eigenvalue weighted by atomic mass is 10.2. The van der Waals surface area contributed by atoms with Gasteiger partial charge in [0.1, 0.15) is 5.76 Å². The summed E-state index contributed by atoms with van der Waals surface area (Å²) in [4.78, 5) is 36.5. The van der Waals surface area contributed by atoms with E-state index in [1.54, 1.807) is 30.3 Å². The molecule has 2 heterocycles. The van der Waals surface area contributed by atoms with E-state index < -0.39 is 18.0 Å². The van der Waals surface area contributed by atoms with Crippen LogP contribution in [-0.2, 0) is 20.9 Å². The first-order valence-corrected chi connectivity index (χ1v) is 8.59. The normalized spacial score (nSPS) is 14.2. The van der Waals surface area contributed by atoms with Gasteiger partial charge in [0.15, 0.2) is 6.10 Å². The summed E-state index contributed by atoms with van der Waals surface area (Å²) >= 11 is 1.40. The fourth-order valence-corrected chi connectivity index (χ4v) is 3.01. The molecule has 8 heteroatoms. The van der Waals surface area contributed by atoms with E-state index >= 15 is 0 Å². The number of furan rings is 1. The summed E-state index contributed by atoms with van der Waals surface area (Å²) < 4.78 is 10.3. The lowest BCUT2D eigenvalue weighted by Crippen LogP contribution is -2.35. The third-order valence-electron chi connectivity index (χ3n) is 3.52. The number of nitrogens with one attached hydrogen (secondary N) is 2. The number of carbonyl (C=O) groups excluding carboxylic acids is 3. The van der Waals surface area contributed by atoms with Gasteiger partial charge in [-0.3, -0.25) is 9.59 Å². The Morgan fingerprint density at radius 2 is 2.24 bits per heavy atom. The molecule has 3 rings (SSSR count). The van der Waals surface area contributed by atoms with Crippen LogP contribution in [0.25, 0.3) is 0 Å². The Morgan fingerprint density at radius 3 is 3.00 bits per heavy atom. The molecule has 2 amide bonds. The van der Waals surface area contributed by atoms with Crippen LogP contribution in [0.5, 0.6) is 0 Å². The lowest BCUT2D eigenvalue weighted by Gasteiger charge is -2.17. The maximum atomic E-state index is 12.2. The van der Waals surface area contributed by atoms with Crippen molar-refractivity contribution in [2.75, 3.05) is 11.1 Å². The van der Waals surface area contributed by atoms with Gasteiger partial charge < -0.3 is 19.8 Å². The number of thioether (sulfide) groups is 1. The molecule has 0 fully saturated rings. The SMILES string of the molecule is CC(OC(=O)c1ccc2c(c1)NC(=O)CS2)C(=O)NCc1ccco1. The highest BCUT2D eigenvalue weighted by molar-refractivity contribution is 8.00. The molecule has 0 saturated heterocycles. The van der Waals surface area contributed by atoms with Crippen LogP contribution in [0.2, 0.25) is 0 Å². The topological polar surface area (TPSA) is 97.6 Å². The number of amides is 2. The molecule has 1 unspecified atom stereocenters. The van der Waals surface area contributed by atoms with Crippen LogP contribution in [0.15, 0.2) is 45.9 Å². The van der Waals surface area contributed by atoms with Gasteiger partial charge in [0, 0.05) is 4.90 Å². The zero-order valence-electron chi connectivity index (χ0n) is 13.4. The number of rotatable bonds is 5. The quantitative estimate of drug-likeness (QED) is 0.793. The molecular formula is C17H16N2O5S. The van der Waals surface area contributed by atoms with Gasteiger partial charge >= 0.3 is 5.97 Å². The summed E-state index contributed by atoms with van der Waals surface area (Å²) in [5.41, 5.74) is 0.845. The lowest BCUT2D eigenvalue weighted by molar-refractivity contribution is -0.129. The summed E-state index contributed by atoms with van der Waals surface area (Å²) in [5.74, 6) is -0.215. The van der Waals surface area contributed by atoms with E-state index in [2.05, 4.69) is 10.6 Å². The fraction of sp³-hybridized carbons (Fsp3) is 0.235. The molecule has 130 valence electrons. The second kappa shape index (κ2) is 7.43. The van der Waals surface area contributed by atoms with Crippen molar-refractivity contribution in [1.82, 2.24) is 5.32 Å². The van der Waals surface area contributed by atoms with Crippen LogP contribution >= 0.6 is 11.8 Å². The smallest absolute Gasteiger partial charge is 0.338 e. The van der Waals surface area contributed by atoms with Gasteiger partial charge in [0.2, 0.25) is 5.91 Å². The van der Waals surface area contributed by atoms with Gasteiger partial charge in [-0.1, -0.05) is 0 Å². The number of hydrogen-bond donors (Lipinski definition) is 2. The molecule has 1 aliphatic rings. The first-order valence-electron chi connectivity index (χ1n) is 7.60. The Balaban J connectivity index is 1.58. The summed E-state index contributed by atoms with van der Waals surface area (Å²) in [6, 6.07) is 8.36. The molecule has 1 aromatic carbocycles. The van der Waals surface area contributed by atoms with Gasteiger partial charge in [-0.15, -0.1) is 11.8 Å². The van der Waals surface area contributed by atoms with Crippen molar-refractivity contribution in [3.63, 3.8) is 0 Å². The van der Waals surface area contributed by atoms with E-state index in [4.69, 9.17) is 9.15 Å². The van der Waals surface area contributed by atoms with E-state index in [0.717, 1.165) is 4.90 Å². The predicted octanol–water partition coefficient (Wildman–Crippen LogP) is 2.19. The van der Waals surface area contributed by atoms with Gasteiger partial charge in [-0.25, -0.2) is 4.79 Å². The van der Waals surface area contributed by atoms with Crippen LogP contribution in [-0.4, -0.2) is 29.6 Å². The van der Waals surface area contributed by atoms with Crippen molar-refractivity contribution < 1.29 is 23.5 Å². The van der Waals surface area contributed by atoms with E-state index in [9.17, 15) is 14.4 Å². The molecule has 1 aliphatic heterocycles. The molecule has 0 saturated carbocycles. The van der Waals surface area contributed by atoms with Gasteiger partial charge in [-0.05, 0) is 37.3 Å². The molecule has 0 spiro atoms. The average molecular weight is 360 g/mol. The minimum atomic E-state index is -0.956. The third kappa shape index (κ3) is 4.21. The van der Waals surface area contributed by atoms with Gasteiger partial charge in [0.05, 0.1) is 29.8 Å². The largest absolute Gasteiger partial charge is 0.467 e. The predicted molar refractivity (Wildman–Crippen MR) is 91.2 cm³/mol. The maximum Gasteiger partial charge on any atom is 0.338 e. The van der Waals surface area contributed by atoms with Crippen LogP contribution < -0.4 is 10.6 Å². The second-order valence-corrected chi connectivity index (χ2v) is 6.41. The zero-order chi connectivity index (χ0) is 17.8. The van der Waals surface area contributed by atoms with Crippen molar-refractivity contribution in [1.29, 1.82) is 0 Å². The van der Waals surface area contributed by atoms with Crippen molar-refractivity contribution in [2.24, 2.45) is 0 Å². The Labute approximate surface area is 148 Å². The molecule has 2 aromatic rings. The Bertz CT molecular complexity index is 803. The second-order valence-electron chi connectivity index (χ2n) is 5.39. The standard InChI is InChI=1S/C17H16N2O5S/c1-10(16(21)18-8-12-3-2-6-23-12)24-17(22)11-4-5-14-13(7-11)19-15(20)9-25-14/h2-7,10H,8-9H2,1H3,(H,18,21)(H,19,20). The highest BCUT2D eigenvalue weighted by atomic mass is 32.2. The summed E-state index contributed by atoms with van der Waals surface area (Å²) in [5, 5.41) is 5.34. The number of anilines is 1. The van der Waals surface area contributed by atoms with E-state index in [-0.39, 0.29) is 18.0 Å². The highest BCUT2D eigenvalue weighted by Gasteiger charge is 2.21. The number of ether oxygens (including phenoxy) is 1. The minimum absolute atomic E-state index is 0.117. The van der Waals surface area contributed by atoms with Gasteiger partial charge in [0.25, 0.3) is 5.91 Å². The highest BCUT2D eigenvalue weighted by Crippen LogP contribution is 2.32. The van der Waals surface area contributed by atoms with Crippen molar-refractivity contribution in [2.45, 2.75) is 24.5 Å². The monoisotopic (exact) mass is 360 g/mol. The first-order chi connectivity index (χ1) is 12.0. The van der Waals surface area contributed by atoms with Crippen molar-refractivity contribution in [3.8, 4) is 0 Å². The van der Waals surface area contributed by atoms with E-state index in [1.807, 2.05) is 0 Å². The molecule has 1 atom stereocenters. The molecule has 0 aliphatic carbocycles. The minimum Gasteiger partial charge on any atom is -0.467 e. The fourth-order valence-electron chi connectivity index (χ4n) is 2.22. The number of fused-ring (bicyclic) bond motifs is 1. The van der Waals surface area contributed by atoms with Crippen molar-refractivity contribution >= 4 is 35.2 Å². The molecule has 2 N–H and O–H groups in total. The summed E-state index contributed by atoms with van der Waals surface area (Å²) in [6.07, 6.45) is 0.556. The molecule has 7 nitrogen and oxygen atoms in total. The molecular weight excluding hydrogens is 344 g/mol. The van der Waals surface area contributed by atoms with Crippen LogP contribution in [0.1, 0.15) is 23.0 Å². The number of esters is 1. The summed E-state index contributed by atoms with van der Waals surface area (Å²) in [7, 11) is 0. The Morgan fingerprint density at radius 1 is 1.40 bits per heavy atom. The van der Waals surface area contributed by atoms with Gasteiger partial charge in [-0.2, -0.15) is 0 Å². The molecule has 0 radical (unpaired) electrons. The zero-order valence-corrected chi connectivity index (χ0v) is 14.2. The number of hydrogen-bond acceptors (Lipinski definition) is 6. The molecule has 25 heavy (non-hydrogen) atoms. The maximum absolute atomic E-state index is 12.2. The molecule has 1 aromatic heterocycles. The first kappa shape index (κ1) is 17.1. The van der Waals surface area contributed by atoms with E-state index in [0.29, 0.717) is 17.2 Å². The molecule has 0 bridgehead atoms.